The van der Waals surface area contributed by atoms with E-state index in [1.165, 1.54) is 20.2 Å². The number of nitrogen functional groups attached to an aromatic ring is 1. The minimum absolute atomic E-state index is 0.0217. The van der Waals surface area contributed by atoms with Crippen LogP contribution in [0.4, 0.5) is 17.1 Å². The third-order valence-electron chi connectivity index (χ3n) is 6.16. The van der Waals surface area contributed by atoms with Gasteiger partial charge in [0, 0.05) is 17.7 Å². The Hall–Kier alpha value is -3.91. The van der Waals surface area contributed by atoms with Crippen LogP contribution >= 0.6 is 0 Å². The largest absolute Gasteiger partial charge is 0.496 e. The molecule has 0 radical (unpaired) electrons. The summed E-state index contributed by atoms with van der Waals surface area (Å²) in [5.41, 5.74) is 1.21. The van der Waals surface area contributed by atoms with Crippen LogP contribution in [0.15, 0.2) is 51.1 Å². The molecule has 41 heavy (non-hydrogen) atoms. The third-order valence-corrected chi connectivity index (χ3v) is 8.93. The average Bonchev–Trinajstić information content (AvgIpc) is 2.86. The molecular formula is C23H21N3O12S3. The molecule has 3 aromatic carbocycles. The number of nitrogens with two attached hydrogens (primary N) is 1. The summed E-state index contributed by atoms with van der Waals surface area (Å²) in [6.45, 7) is -0.160. The summed E-state index contributed by atoms with van der Waals surface area (Å²) in [4.78, 5) is 24.6. The van der Waals surface area contributed by atoms with E-state index in [0.717, 1.165) is 24.3 Å². The predicted octanol–water partition coefficient (Wildman–Crippen LogP) is 1.26. The SMILES string of the molecule is CNCc1c(OC)ccc(Nc2cc(S(=O)(=O)O)c(N)c3c2C(=O)c2c(cccc2S(=O)(=O)O)C3=O)c1S(=O)(=O)O. The van der Waals surface area contributed by atoms with E-state index in [9.17, 15) is 48.5 Å². The highest BCUT2D eigenvalue weighted by Gasteiger charge is 2.40. The molecule has 0 saturated heterocycles. The van der Waals surface area contributed by atoms with Gasteiger partial charge in [-0.2, -0.15) is 25.3 Å². The number of rotatable bonds is 8. The summed E-state index contributed by atoms with van der Waals surface area (Å²) < 4.78 is 108. The lowest BCUT2D eigenvalue weighted by Crippen LogP contribution is -2.27. The third kappa shape index (κ3) is 5.17. The number of ether oxygens (including phenoxy) is 1. The fraction of sp³-hybridized carbons (Fsp3) is 0.130. The lowest BCUT2D eigenvalue weighted by Gasteiger charge is -2.25. The molecule has 218 valence electrons. The molecule has 3 aromatic rings. The predicted molar refractivity (Wildman–Crippen MR) is 143 cm³/mol. The molecule has 15 nitrogen and oxygen atoms in total. The van der Waals surface area contributed by atoms with Crippen LogP contribution in [-0.2, 0) is 36.9 Å². The summed E-state index contributed by atoms with van der Waals surface area (Å²) in [6, 6.07) is 5.98. The highest BCUT2D eigenvalue weighted by Crippen LogP contribution is 2.43. The van der Waals surface area contributed by atoms with Gasteiger partial charge in [-0.15, -0.1) is 0 Å². The molecular weight excluding hydrogens is 606 g/mol. The Morgan fingerprint density at radius 1 is 0.805 bits per heavy atom. The summed E-state index contributed by atoms with van der Waals surface area (Å²) in [7, 11) is -12.6. The van der Waals surface area contributed by atoms with Gasteiger partial charge in [-0.05, 0) is 31.3 Å². The first-order valence-electron chi connectivity index (χ1n) is 11.2. The van der Waals surface area contributed by atoms with Gasteiger partial charge < -0.3 is 21.1 Å². The second kappa shape index (κ2) is 10.2. The van der Waals surface area contributed by atoms with Crippen molar-refractivity contribution in [1.29, 1.82) is 0 Å². The molecule has 0 aromatic heterocycles. The smallest absolute Gasteiger partial charge is 0.297 e. The van der Waals surface area contributed by atoms with E-state index in [1.807, 2.05) is 0 Å². The van der Waals surface area contributed by atoms with E-state index >= 15 is 0 Å². The number of methoxy groups -OCH3 is 1. The molecule has 0 atom stereocenters. The highest BCUT2D eigenvalue weighted by atomic mass is 32.2. The molecule has 0 saturated carbocycles. The van der Waals surface area contributed by atoms with Crippen LogP contribution in [0.25, 0.3) is 0 Å². The molecule has 4 rings (SSSR count). The molecule has 1 aliphatic carbocycles. The normalized spacial score (nSPS) is 13.5. The van der Waals surface area contributed by atoms with Gasteiger partial charge in [0.2, 0.25) is 0 Å². The molecule has 0 heterocycles. The quantitative estimate of drug-likeness (QED) is 0.119. The zero-order valence-corrected chi connectivity index (χ0v) is 23.4. The van der Waals surface area contributed by atoms with Gasteiger partial charge in [-0.25, -0.2) is 0 Å². The van der Waals surface area contributed by atoms with E-state index in [1.54, 1.807) is 0 Å². The number of hydrogen-bond donors (Lipinski definition) is 6. The van der Waals surface area contributed by atoms with Crippen molar-refractivity contribution in [3.63, 3.8) is 0 Å². The van der Waals surface area contributed by atoms with E-state index in [0.29, 0.717) is 6.07 Å². The number of ketones is 2. The lowest BCUT2D eigenvalue weighted by molar-refractivity contribution is 0.0977. The zero-order valence-electron chi connectivity index (χ0n) is 21.0. The van der Waals surface area contributed by atoms with Crippen LogP contribution in [-0.4, -0.2) is 64.6 Å². The number of nitrogens with one attached hydrogen (secondary N) is 2. The van der Waals surface area contributed by atoms with Crippen molar-refractivity contribution in [2.75, 3.05) is 25.2 Å². The van der Waals surface area contributed by atoms with Crippen molar-refractivity contribution in [1.82, 2.24) is 5.32 Å². The van der Waals surface area contributed by atoms with Gasteiger partial charge in [-0.3, -0.25) is 23.2 Å². The van der Waals surface area contributed by atoms with Crippen LogP contribution in [0.5, 0.6) is 5.75 Å². The summed E-state index contributed by atoms with van der Waals surface area (Å²) in [5.74, 6) is -2.32. The maximum Gasteiger partial charge on any atom is 0.297 e. The van der Waals surface area contributed by atoms with Crippen molar-refractivity contribution < 1.29 is 53.2 Å². The van der Waals surface area contributed by atoms with Crippen molar-refractivity contribution in [3.8, 4) is 5.75 Å². The Labute approximate surface area is 233 Å². The molecule has 0 fully saturated rings. The Kier molecular flexibility index (Phi) is 7.46. The standard InChI is InChI=1S/C23H21N3O12S3/c1-25-9-11-14(38-2)7-6-12(23(11)41(35,36)37)26-13-8-16(40(32,33)34)20(24)19-18(13)22(28)17-10(21(19)27)4-3-5-15(17)39(29,30)31/h3-8,25-26H,9,24H2,1-2H3,(H,29,30,31)(H,32,33,34)(H,35,36,37). The number of hydrogen-bond acceptors (Lipinski definition) is 12. The van der Waals surface area contributed by atoms with Crippen molar-refractivity contribution in [3.05, 3.63) is 64.2 Å². The maximum absolute atomic E-state index is 13.8. The molecule has 0 amide bonds. The molecule has 7 N–H and O–H groups in total. The first-order chi connectivity index (χ1) is 18.9. The number of fused-ring (bicyclic) bond motifs is 2. The second-order valence-electron chi connectivity index (χ2n) is 8.63. The summed E-state index contributed by atoms with van der Waals surface area (Å²) >= 11 is 0. The number of carbonyl (C=O) groups is 2. The topological polar surface area (TPSA) is 257 Å². The van der Waals surface area contributed by atoms with Crippen molar-refractivity contribution in [2.24, 2.45) is 0 Å². The minimum Gasteiger partial charge on any atom is -0.496 e. The molecule has 0 bridgehead atoms. The lowest BCUT2D eigenvalue weighted by atomic mass is 9.82. The van der Waals surface area contributed by atoms with Gasteiger partial charge in [0.15, 0.2) is 11.6 Å². The number of anilines is 3. The maximum atomic E-state index is 13.8. The van der Waals surface area contributed by atoms with Crippen LogP contribution < -0.4 is 21.1 Å². The molecule has 0 aliphatic heterocycles. The second-order valence-corrected chi connectivity index (χ2v) is 12.8. The van der Waals surface area contributed by atoms with Gasteiger partial charge in [-0.1, -0.05) is 12.1 Å². The van der Waals surface area contributed by atoms with Gasteiger partial charge in [0.1, 0.15) is 20.4 Å². The van der Waals surface area contributed by atoms with Crippen LogP contribution in [0.3, 0.4) is 0 Å². The monoisotopic (exact) mass is 627 g/mol. The fourth-order valence-electron chi connectivity index (χ4n) is 4.57. The molecule has 0 unspecified atom stereocenters. The van der Waals surface area contributed by atoms with Crippen LogP contribution in [0.2, 0.25) is 0 Å². The summed E-state index contributed by atoms with van der Waals surface area (Å²) in [6.07, 6.45) is 0. The average molecular weight is 628 g/mol. The zero-order chi connectivity index (χ0) is 30.7. The highest BCUT2D eigenvalue weighted by molar-refractivity contribution is 7.86. The van der Waals surface area contributed by atoms with E-state index in [2.05, 4.69) is 10.6 Å². The van der Waals surface area contributed by atoms with E-state index in [-0.39, 0.29) is 17.9 Å². The van der Waals surface area contributed by atoms with Gasteiger partial charge in [0.25, 0.3) is 30.4 Å². The Morgan fingerprint density at radius 2 is 1.44 bits per heavy atom. The van der Waals surface area contributed by atoms with Gasteiger partial charge in [0.05, 0.1) is 40.9 Å². The molecule has 18 heteroatoms. The Balaban J connectivity index is 2.12. The van der Waals surface area contributed by atoms with Crippen molar-refractivity contribution in [2.45, 2.75) is 21.2 Å². The first kappa shape index (κ1) is 30.1. The van der Waals surface area contributed by atoms with E-state index in [4.69, 9.17) is 10.5 Å². The first-order valence-corrected chi connectivity index (χ1v) is 15.5. The van der Waals surface area contributed by atoms with Crippen molar-refractivity contribution >= 4 is 59.0 Å². The van der Waals surface area contributed by atoms with Crippen LogP contribution in [0, 0.1) is 0 Å². The Morgan fingerprint density at radius 3 is 1.98 bits per heavy atom. The summed E-state index contributed by atoms with van der Waals surface area (Å²) in [5, 5.41) is 5.20. The number of benzene rings is 3. The molecule has 0 spiro atoms. The van der Waals surface area contributed by atoms with Crippen LogP contribution in [0.1, 0.15) is 37.4 Å². The van der Waals surface area contributed by atoms with E-state index < -0.39 is 95.9 Å². The van der Waals surface area contributed by atoms with Gasteiger partial charge >= 0.3 is 0 Å². The fourth-order valence-corrected chi connectivity index (χ4v) is 6.81. The Bertz CT molecular complexity index is 1990. The molecule has 1 aliphatic rings. The number of carbonyl (C=O) groups excluding carboxylic acids is 2. The minimum atomic E-state index is -5.16.